The van der Waals surface area contributed by atoms with Gasteiger partial charge in [-0.3, -0.25) is 4.79 Å². The van der Waals surface area contributed by atoms with E-state index in [1.165, 1.54) is 0 Å². The Labute approximate surface area is 161 Å². The van der Waals surface area contributed by atoms with Crippen LogP contribution in [0.1, 0.15) is 29.2 Å². The SMILES string of the molecule is COc1cc([C@H]2CC(=O)Nc3c2cnn3Cc2ccco2)cc2c1OCCO2. The first-order chi connectivity index (χ1) is 13.7. The molecule has 5 rings (SSSR count). The number of benzene rings is 1. The Hall–Kier alpha value is -3.42. The van der Waals surface area contributed by atoms with Crippen molar-refractivity contribution in [3.63, 3.8) is 0 Å². The molecule has 1 amide bonds. The van der Waals surface area contributed by atoms with Crippen molar-refractivity contribution in [1.82, 2.24) is 9.78 Å². The van der Waals surface area contributed by atoms with E-state index < -0.39 is 0 Å². The van der Waals surface area contributed by atoms with Gasteiger partial charge in [-0.05, 0) is 29.8 Å². The van der Waals surface area contributed by atoms with Crippen LogP contribution in [0.15, 0.2) is 41.1 Å². The molecule has 0 spiro atoms. The summed E-state index contributed by atoms with van der Waals surface area (Å²) in [4.78, 5) is 12.4. The summed E-state index contributed by atoms with van der Waals surface area (Å²) in [6, 6.07) is 7.54. The first kappa shape index (κ1) is 16.7. The zero-order chi connectivity index (χ0) is 19.1. The average molecular weight is 381 g/mol. The zero-order valence-electron chi connectivity index (χ0n) is 15.3. The largest absolute Gasteiger partial charge is 0.493 e. The van der Waals surface area contributed by atoms with Gasteiger partial charge in [-0.25, -0.2) is 4.68 Å². The third-order valence-corrected chi connectivity index (χ3v) is 5.03. The van der Waals surface area contributed by atoms with Gasteiger partial charge >= 0.3 is 0 Å². The number of anilines is 1. The van der Waals surface area contributed by atoms with Gasteiger partial charge in [0.2, 0.25) is 11.7 Å². The number of ether oxygens (including phenoxy) is 3. The molecule has 8 nitrogen and oxygen atoms in total. The van der Waals surface area contributed by atoms with Crippen LogP contribution in [-0.2, 0) is 11.3 Å². The molecule has 1 atom stereocenters. The quantitative estimate of drug-likeness (QED) is 0.748. The maximum Gasteiger partial charge on any atom is 0.226 e. The molecule has 2 aliphatic rings. The molecule has 0 saturated carbocycles. The van der Waals surface area contributed by atoms with Gasteiger partial charge in [-0.2, -0.15) is 5.10 Å². The van der Waals surface area contributed by atoms with Gasteiger partial charge in [0, 0.05) is 17.9 Å². The second-order valence-electron chi connectivity index (χ2n) is 6.74. The maximum absolute atomic E-state index is 12.4. The number of aromatic nitrogens is 2. The smallest absolute Gasteiger partial charge is 0.226 e. The highest BCUT2D eigenvalue weighted by molar-refractivity contribution is 5.94. The van der Waals surface area contributed by atoms with Crippen LogP contribution >= 0.6 is 0 Å². The van der Waals surface area contributed by atoms with E-state index >= 15 is 0 Å². The Morgan fingerprint density at radius 3 is 3.04 bits per heavy atom. The maximum atomic E-state index is 12.4. The van der Waals surface area contributed by atoms with Crippen molar-refractivity contribution < 1.29 is 23.4 Å². The Morgan fingerprint density at radius 2 is 2.21 bits per heavy atom. The molecule has 4 heterocycles. The van der Waals surface area contributed by atoms with Crippen LogP contribution in [-0.4, -0.2) is 36.0 Å². The summed E-state index contributed by atoms with van der Waals surface area (Å²) in [5.74, 6) is 3.08. The van der Waals surface area contributed by atoms with Gasteiger partial charge in [-0.15, -0.1) is 0 Å². The minimum absolute atomic E-state index is 0.0625. The fraction of sp³-hybridized carbons (Fsp3) is 0.300. The summed E-state index contributed by atoms with van der Waals surface area (Å²) < 4.78 is 24.1. The summed E-state index contributed by atoms with van der Waals surface area (Å²) in [7, 11) is 1.59. The van der Waals surface area contributed by atoms with Crippen LogP contribution in [0.2, 0.25) is 0 Å². The minimum atomic E-state index is -0.154. The second kappa shape index (κ2) is 6.63. The third-order valence-electron chi connectivity index (χ3n) is 5.03. The summed E-state index contributed by atoms with van der Waals surface area (Å²) in [5, 5.41) is 7.41. The van der Waals surface area contributed by atoms with E-state index in [4.69, 9.17) is 18.6 Å². The van der Waals surface area contributed by atoms with E-state index in [-0.39, 0.29) is 11.8 Å². The summed E-state index contributed by atoms with van der Waals surface area (Å²) in [6.45, 7) is 1.41. The van der Waals surface area contributed by atoms with Gasteiger partial charge < -0.3 is 23.9 Å². The standard InChI is InChI=1S/C20H19N3O5/c1-25-16-7-12(8-17-19(16)28-6-5-27-17)14-9-18(24)22-20-15(14)10-21-23(20)11-13-3-2-4-26-13/h2-4,7-8,10,14H,5-6,9,11H2,1H3,(H,22,24)/t14-/m1/s1. The van der Waals surface area contributed by atoms with E-state index in [1.54, 1.807) is 24.3 Å². The number of carbonyl (C=O) groups excluding carboxylic acids is 1. The van der Waals surface area contributed by atoms with Gasteiger partial charge in [0.25, 0.3) is 0 Å². The monoisotopic (exact) mass is 381 g/mol. The molecule has 144 valence electrons. The molecular formula is C20H19N3O5. The predicted molar refractivity (Wildman–Crippen MR) is 99.1 cm³/mol. The molecule has 1 N–H and O–H groups in total. The normalized spacial score (nSPS) is 17.8. The lowest BCUT2D eigenvalue weighted by atomic mass is 9.87. The molecule has 0 saturated heterocycles. The molecule has 0 radical (unpaired) electrons. The molecule has 28 heavy (non-hydrogen) atoms. The topological polar surface area (TPSA) is 87.8 Å². The van der Waals surface area contributed by atoms with Crippen molar-refractivity contribution in [1.29, 1.82) is 0 Å². The van der Waals surface area contributed by atoms with Crippen LogP contribution in [0, 0.1) is 0 Å². The molecule has 0 aliphatic carbocycles. The minimum Gasteiger partial charge on any atom is -0.493 e. The lowest BCUT2D eigenvalue weighted by molar-refractivity contribution is -0.116. The number of nitrogens with zero attached hydrogens (tertiary/aromatic N) is 2. The van der Waals surface area contributed by atoms with Crippen LogP contribution in [0.5, 0.6) is 17.2 Å². The number of hydrogen-bond donors (Lipinski definition) is 1. The van der Waals surface area contributed by atoms with Crippen LogP contribution in [0.4, 0.5) is 5.82 Å². The molecule has 0 fully saturated rings. The number of nitrogens with one attached hydrogen (secondary N) is 1. The van der Waals surface area contributed by atoms with Crippen molar-refractivity contribution in [2.24, 2.45) is 0 Å². The van der Waals surface area contributed by atoms with Gasteiger partial charge in [-0.1, -0.05) is 0 Å². The lowest BCUT2D eigenvalue weighted by Crippen LogP contribution is -2.25. The Kier molecular flexibility index (Phi) is 3.96. The zero-order valence-corrected chi connectivity index (χ0v) is 15.3. The number of furan rings is 1. The van der Waals surface area contributed by atoms with Gasteiger partial charge in [0.15, 0.2) is 11.5 Å². The third kappa shape index (κ3) is 2.77. The van der Waals surface area contributed by atoms with Crippen LogP contribution in [0.25, 0.3) is 0 Å². The van der Waals surface area contributed by atoms with E-state index in [2.05, 4.69) is 10.4 Å². The lowest BCUT2D eigenvalue weighted by Gasteiger charge is -2.26. The first-order valence-corrected chi connectivity index (χ1v) is 9.08. The number of carbonyl (C=O) groups is 1. The first-order valence-electron chi connectivity index (χ1n) is 9.08. The highest BCUT2D eigenvalue weighted by Crippen LogP contribution is 2.45. The molecule has 1 aromatic carbocycles. The molecule has 2 aromatic heterocycles. The van der Waals surface area contributed by atoms with Crippen molar-refractivity contribution >= 4 is 11.7 Å². The number of amides is 1. The Bertz CT molecular complexity index is 1010. The predicted octanol–water partition coefficient (Wildman–Crippen LogP) is 2.78. The summed E-state index contributed by atoms with van der Waals surface area (Å²) in [5.41, 5.74) is 1.87. The Balaban J connectivity index is 1.55. The van der Waals surface area contributed by atoms with Crippen molar-refractivity contribution in [3.05, 3.63) is 53.6 Å². The number of fused-ring (bicyclic) bond motifs is 2. The molecule has 3 aromatic rings. The van der Waals surface area contributed by atoms with E-state index in [1.807, 2.05) is 24.3 Å². The van der Waals surface area contributed by atoms with E-state index in [0.29, 0.717) is 49.2 Å². The van der Waals surface area contributed by atoms with Crippen LogP contribution < -0.4 is 19.5 Å². The highest BCUT2D eigenvalue weighted by Gasteiger charge is 2.32. The molecule has 0 unspecified atom stereocenters. The van der Waals surface area contributed by atoms with Crippen LogP contribution in [0.3, 0.4) is 0 Å². The van der Waals surface area contributed by atoms with Crippen molar-refractivity contribution in [3.8, 4) is 17.2 Å². The fourth-order valence-electron chi connectivity index (χ4n) is 3.73. The highest BCUT2D eigenvalue weighted by atomic mass is 16.6. The molecule has 8 heteroatoms. The van der Waals surface area contributed by atoms with Crippen molar-refractivity contribution in [2.75, 3.05) is 25.6 Å². The Morgan fingerprint density at radius 1 is 1.32 bits per heavy atom. The summed E-state index contributed by atoms with van der Waals surface area (Å²) in [6.07, 6.45) is 3.74. The van der Waals surface area contributed by atoms with Gasteiger partial charge in [0.05, 0.1) is 19.6 Å². The molecule has 2 aliphatic heterocycles. The van der Waals surface area contributed by atoms with E-state index in [9.17, 15) is 4.79 Å². The molecular weight excluding hydrogens is 362 g/mol. The fourth-order valence-corrected chi connectivity index (χ4v) is 3.73. The number of hydrogen-bond acceptors (Lipinski definition) is 6. The summed E-state index contributed by atoms with van der Waals surface area (Å²) >= 11 is 0. The van der Waals surface area contributed by atoms with Gasteiger partial charge in [0.1, 0.15) is 31.3 Å². The number of rotatable bonds is 4. The van der Waals surface area contributed by atoms with E-state index in [0.717, 1.165) is 16.9 Å². The average Bonchev–Trinajstić information content (AvgIpc) is 3.37. The molecule has 0 bridgehead atoms. The second-order valence-corrected chi connectivity index (χ2v) is 6.74. The van der Waals surface area contributed by atoms with Crippen molar-refractivity contribution in [2.45, 2.75) is 18.9 Å². The number of methoxy groups -OCH3 is 1.